The van der Waals surface area contributed by atoms with E-state index in [-0.39, 0.29) is 18.1 Å². The summed E-state index contributed by atoms with van der Waals surface area (Å²) < 4.78 is 21.9. The van der Waals surface area contributed by atoms with Crippen LogP contribution >= 0.6 is 8.25 Å². The molecule has 0 spiro atoms. The molecular formula is C18H20O4P+. The molecule has 0 aliphatic rings. The second kappa shape index (κ2) is 7.49. The summed E-state index contributed by atoms with van der Waals surface area (Å²) >= 11 is 0. The van der Waals surface area contributed by atoms with Crippen molar-refractivity contribution in [3.63, 3.8) is 0 Å². The Balaban J connectivity index is 2.43. The first-order chi connectivity index (χ1) is 10.9. The smallest absolute Gasteiger partial charge is 0.288 e. The molecule has 0 N–H and O–H groups in total. The third kappa shape index (κ3) is 4.04. The monoisotopic (exact) mass is 331 g/mol. The zero-order chi connectivity index (χ0) is 17.0. The van der Waals surface area contributed by atoms with Crippen LogP contribution in [0.25, 0.3) is 0 Å². The third-order valence-corrected chi connectivity index (χ3v) is 4.26. The molecule has 0 bridgehead atoms. The molecule has 0 aliphatic carbocycles. The lowest BCUT2D eigenvalue weighted by molar-refractivity contribution is 0.103. The van der Waals surface area contributed by atoms with Crippen LogP contribution in [0.1, 0.15) is 39.5 Å². The summed E-state index contributed by atoms with van der Waals surface area (Å²) in [4.78, 5) is 12.9. The van der Waals surface area contributed by atoms with Crippen molar-refractivity contribution in [2.75, 3.05) is 6.61 Å². The molecule has 0 radical (unpaired) electrons. The zero-order valence-corrected chi connectivity index (χ0v) is 14.6. The first-order valence-electron chi connectivity index (χ1n) is 7.43. The van der Waals surface area contributed by atoms with Gasteiger partial charge in [0.2, 0.25) is 5.75 Å². The molecule has 0 heterocycles. The summed E-state index contributed by atoms with van der Waals surface area (Å²) in [5, 5.41) is 0. The normalized spacial score (nSPS) is 11.2. The van der Waals surface area contributed by atoms with Crippen LogP contribution in [-0.2, 0) is 9.09 Å². The average Bonchev–Trinajstić information content (AvgIpc) is 2.46. The van der Waals surface area contributed by atoms with E-state index in [1.165, 1.54) is 0 Å². The predicted octanol–water partition coefficient (Wildman–Crippen LogP) is 4.92. The van der Waals surface area contributed by atoms with E-state index < -0.39 is 8.25 Å². The Morgan fingerprint density at radius 3 is 2.30 bits per heavy atom. The largest absolute Gasteiger partial charge is 0.750 e. The summed E-state index contributed by atoms with van der Waals surface area (Å²) in [5.74, 6) is 0.127. The van der Waals surface area contributed by atoms with Gasteiger partial charge in [0, 0.05) is 10.1 Å². The van der Waals surface area contributed by atoms with E-state index in [9.17, 15) is 9.36 Å². The molecule has 1 unspecified atom stereocenters. The minimum atomic E-state index is -2.29. The van der Waals surface area contributed by atoms with Gasteiger partial charge < -0.3 is 0 Å². The van der Waals surface area contributed by atoms with Crippen molar-refractivity contribution < 1.29 is 18.4 Å². The molecule has 2 aromatic carbocycles. The number of carbonyl (C=O) groups is 1. The van der Waals surface area contributed by atoms with Crippen molar-refractivity contribution >= 4 is 14.0 Å². The fourth-order valence-electron chi connectivity index (χ4n) is 2.62. The highest BCUT2D eigenvalue weighted by Gasteiger charge is 2.26. The standard InChI is InChI=1S/C18H20O4P/c1-5-21-23(20)22-16-9-7-6-8-15(16)18(19)17-13(3)10-12(2)11-14(17)4/h6-11H,5H2,1-4H3/q+1. The van der Waals surface area contributed by atoms with Gasteiger partial charge in [-0.15, -0.1) is 4.52 Å². The van der Waals surface area contributed by atoms with Crippen LogP contribution in [0, 0.1) is 20.8 Å². The second-order valence-electron chi connectivity index (χ2n) is 5.33. The lowest BCUT2D eigenvalue weighted by atomic mass is 9.93. The number of ketones is 1. The van der Waals surface area contributed by atoms with Crippen LogP contribution in [0.5, 0.6) is 5.75 Å². The Kier molecular flexibility index (Phi) is 5.64. The van der Waals surface area contributed by atoms with Gasteiger partial charge in [0.15, 0.2) is 5.78 Å². The van der Waals surface area contributed by atoms with Crippen molar-refractivity contribution in [2.24, 2.45) is 0 Å². The van der Waals surface area contributed by atoms with Crippen molar-refractivity contribution in [3.8, 4) is 5.75 Å². The van der Waals surface area contributed by atoms with Crippen LogP contribution in [-0.4, -0.2) is 12.4 Å². The van der Waals surface area contributed by atoms with Crippen molar-refractivity contribution in [1.82, 2.24) is 0 Å². The molecule has 0 amide bonds. The van der Waals surface area contributed by atoms with Gasteiger partial charge in [-0.25, -0.2) is 4.52 Å². The fourth-order valence-corrected chi connectivity index (χ4v) is 3.20. The average molecular weight is 331 g/mol. The van der Waals surface area contributed by atoms with Gasteiger partial charge in [-0.05, 0) is 51.0 Å². The number of aryl methyl sites for hydroxylation is 3. The maximum absolute atomic E-state index is 12.9. The van der Waals surface area contributed by atoms with E-state index in [0.717, 1.165) is 16.7 Å². The molecular weight excluding hydrogens is 311 g/mol. The molecule has 120 valence electrons. The molecule has 0 aliphatic heterocycles. The van der Waals surface area contributed by atoms with Gasteiger partial charge in [0.25, 0.3) is 0 Å². The summed E-state index contributed by atoms with van der Waals surface area (Å²) in [5.41, 5.74) is 3.97. The van der Waals surface area contributed by atoms with Gasteiger partial charge in [-0.1, -0.05) is 29.8 Å². The van der Waals surface area contributed by atoms with Crippen LogP contribution in [0.15, 0.2) is 36.4 Å². The van der Waals surface area contributed by atoms with Crippen LogP contribution in [0.4, 0.5) is 0 Å². The summed E-state index contributed by atoms with van der Waals surface area (Å²) in [6.45, 7) is 7.83. The topological polar surface area (TPSA) is 52.6 Å². The quantitative estimate of drug-likeness (QED) is 0.557. The fraction of sp³-hybridized carbons (Fsp3) is 0.278. The SMILES string of the molecule is CCO[P+](=O)Oc1ccccc1C(=O)c1c(C)cc(C)cc1C. The van der Waals surface area contributed by atoms with Crippen LogP contribution in [0.2, 0.25) is 0 Å². The Bertz CT molecular complexity index is 729. The lowest BCUT2D eigenvalue weighted by Crippen LogP contribution is -2.08. The zero-order valence-electron chi connectivity index (χ0n) is 13.8. The molecule has 2 rings (SSSR count). The first-order valence-corrected chi connectivity index (χ1v) is 8.53. The minimum absolute atomic E-state index is 0.143. The highest BCUT2D eigenvalue weighted by atomic mass is 31.1. The van der Waals surface area contributed by atoms with Gasteiger partial charge in [0.05, 0.1) is 5.56 Å². The Labute approximate surface area is 137 Å². The highest BCUT2D eigenvalue weighted by molar-refractivity contribution is 7.33. The molecule has 23 heavy (non-hydrogen) atoms. The lowest BCUT2D eigenvalue weighted by Gasteiger charge is -2.11. The van der Waals surface area contributed by atoms with E-state index >= 15 is 0 Å². The van der Waals surface area contributed by atoms with Crippen LogP contribution < -0.4 is 4.52 Å². The molecule has 5 heteroatoms. The Morgan fingerprint density at radius 2 is 1.70 bits per heavy atom. The molecule has 4 nitrogen and oxygen atoms in total. The molecule has 0 aromatic heterocycles. The summed E-state index contributed by atoms with van der Waals surface area (Å²) in [7, 11) is -2.29. The second-order valence-corrected chi connectivity index (χ2v) is 6.22. The molecule has 2 aromatic rings. The molecule has 0 saturated heterocycles. The third-order valence-electron chi connectivity index (χ3n) is 3.44. The molecule has 0 saturated carbocycles. The maximum atomic E-state index is 12.9. The number of hydrogen-bond donors (Lipinski definition) is 0. The molecule has 0 fully saturated rings. The number of hydrogen-bond acceptors (Lipinski definition) is 4. The van der Waals surface area contributed by atoms with Gasteiger partial charge >= 0.3 is 8.25 Å². The van der Waals surface area contributed by atoms with Crippen LogP contribution in [0.3, 0.4) is 0 Å². The summed E-state index contributed by atoms with van der Waals surface area (Å²) in [6.07, 6.45) is 0. The van der Waals surface area contributed by atoms with E-state index in [1.807, 2.05) is 32.9 Å². The number of benzene rings is 2. The van der Waals surface area contributed by atoms with Crippen molar-refractivity contribution in [3.05, 3.63) is 64.2 Å². The maximum Gasteiger partial charge on any atom is 0.750 e. The Hall–Kier alpha value is -2.03. The highest BCUT2D eigenvalue weighted by Crippen LogP contribution is 2.32. The van der Waals surface area contributed by atoms with E-state index in [2.05, 4.69) is 0 Å². The summed E-state index contributed by atoms with van der Waals surface area (Å²) in [6, 6.07) is 10.7. The molecule has 1 atom stereocenters. The van der Waals surface area contributed by atoms with E-state index in [4.69, 9.17) is 9.05 Å². The minimum Gasteiger partial charge on any atom is -0.288 e. The first kappa shape index (κ1) is 17.3. The van der Waals surface area contributed by atoms with E-state index in [0.29, 0.717) is 11.1 Å². The number of rotatable bonds is 6. The number of carbonyl (C=O) groups excluding carboxylic acids is 1. The number of para-hydroxylation sites is 1. The van der Waals surface area contributed by atoms with Gasteiger partial charge in [-0.3, -0.25) is 4.79 Å². The van der Waals surface area contributed by atoms with E-state index in [1.54, 1.807) is 31.2 Å². The van der Waals surface area contributed by atoms with Gasteiger partial charge in [-0.2, -0.15) is 0 Å². The van der Waals surface area contributed by atoms with Gasteiger partial charge in [0.1, 0.15) is 6.61 Å². The predicted molar refractivity (Wildman–Crippen MR) is 90.4 cm³/mol. The van der Waals surface area contributed by atoms with Crippen molar-refractivity contribution in [2.45, 2.75) is 27.7 Å². The van der Waals surface area contributed by atoms with Crippen molar-refractivity contribution in [1.29, 1.82) is 0 Å². The Morgan fingerprint density at radius 1 is 1.09 bits per heavy atom.